The first-order chi connectivity index (χ1) is 11.2. The van der Waals surface area contributed by atoms with Gasteiger partial charge in [-0.25, -0.2) is 0 Å². The fourth-order valence-corrected chi connectivity index (χ4v) is 2.34. The predicted molar refractivity (Wildman–Crippen MR) is 92.2 cm³/mol. The molecule has 0 saturated carbocycles. The summed E-state index contributed by atoms with van der Waals surface area (Å²) in [5.41, 5.74) is 3.11. The fourth-order valence-electron chi connectivity index (χ4n) is 2.34. The van der Waals surface area contributed by atoms with E-state index in [0.717, 1.165) is 27.8 Å². The molecular weight excluding hydrogens is 288 g/mol. The molecule has 2 aromatic carbocycles. The van der Waals surface area contributed by atoms with Crippen molar-refractivity contribution < 1.29 is 9.53 Å². The summed E-state index contributed by atoms with van der Waals surface area (Å²) < 4.78 is 5.11. The Morgan fingerprint density at radius 1 is 1.17 bits per heavy atom. The lowest BCUT2D eigenvalue weighted by atomic mass is 10.1. The number of nitrogens with one attached hydrogen (secondary N) is 2. The van der Waals surface area contributed by atoms with Crippen LogP contribution < -0.4 is 10.1 Å². The molecule has 2 N–H and O–H groups in total. The van der Waals surface area contributed by atoms with E-state index in [2.05, 4.69) is 10.3 Å². The number of carbonyl (C=O) groups excluding carboxylic acids is 1. The zero-order valence-corrected chi connectivity index (χ0v) is 12.9. The molecule has 0 saturated heterocycles. The topological polar surface area (TPSA) is 54.1 Å². The standard InChI is InChI=1S/C19H18N2O2/c1-23-17-6-2-15(3-7-17)13-21-19(22)9-5-14-4-8-18-16(12-14)10-11-20-18/h2-12,20H,13H2,1H3,(H,21,22). The number of fused-ring (bicyclic) bond motifs is 1. The third kappa shape index (κ3) is 3.80. The van der Waals surface area contributed by atoms with Crippen LogP contribution >= 0.6 is 0 Å². The number of carbonyl (C=O) groups is 1. The van der Waals surface area contributed by atoms with Gasteiger partial charge in [0, 0.05) is 24.3 Å². The van der Waals surface area contributed by atoms with Crippen molar-refractivity contribution in [3.63, 3.8) is 0 Å². The average Bonchev–Trinajstić information content (AvgIpc) is 3.06. The summed E-state index contributed by atoms with van der Waals surface area (Å²) in [6, 6.07) is 15.7. The minimum absolute atomic E-state index is 0.116. The molecule has 0 atom stereocenters. The molecule has 0 fully saturated rings. The van der Waals surface area contributed by atoms with Gasteiger partial charge in [0.05, 0.1) is 7.11 Å². The van der Waals surface area contributed by atoms with E-state index >= 15 is 0 Å². The van der Waals surface area contributed by atoms with Crippen LogP contribution in [-0.2, 0) is 11.3 Å². The maximum atomic E-state index is 11.9. The highest BCUT2D eigenvalue weighted by Gasteiger charge is 1.99. The summed E-state index contributed by atoms with van der Waals surface area (Å²) in [6.07, 6.45) is 5.27. The van der Waals surface area contributed by atoms with Crippen molar-refractivity contribution in [3.05, 3.63) is 71.9 Å². The van der Waals surface area contributed by atoms with Crippen molar-refractivity contribution in [1.82, 2.24) is 10.3 Å². The molecule has 0 aliphatic heterocycles. The van der Waals surface area contributed by atoms with E-state index in [1.807, 2.05) is 60.8 Å². The molecule has 4 nitrogen and oxygen atoms in total. The molecule has 116 valence electrons. The van der Waals surface area contributed by atoms with Gasteiger partial charge in [0.2, 0.25) is 5.91 Å². The number of aromatic amines is 1. The number of hydrogen-bond acceptors (Lipinski definition) is 2. The molecule has 0 bridgehead atoms. The molecule has 0 aliphatic carbocycles. The first kappa shape index (κ1) is 14.9. The van der Waals surface area contributed by atoms with Crippen LogP contribution in [0.15, 0.2) is 60.8 Å². The molecule has 1 aromatic heterocycles. The summed E-state index contributed by atoms with van der Waals surface area (Å²) >= 11 is 0. The molecule has 23 heavy (non-hydrogen) atoms. The SMILES string of the molecule is COc1ccc(CNC(=O)C=Cc2ccc3[nH]ccc3c2)cc1. The lowest BCUT2D eigenvalue weighted by molar-refractivity contribution is -0.116. The van der Waals surface area contributed by atoms with Gasteiger partial charge in [-0.15, -0.1) is 0 Å². The smallest absolute Gasteiger partial charge is 0.244 e. The van der Waals surface area contributed by atoms with Gasteiger partial charge in [0.1, 0.15) is 5.75 Å². The molecule has 0 unspecified atom stereocenters. The predicted octanol–water partition coefficient (Wildman–Crippen LogP) is 3.51. The third-order valence-corrected chi connectivity index (χ3v) is 3.63. The average molecular weight is 306 g/mol. The number of methoxy groups -OCH3 is 1. The van der Waals surface area contributed by atoms with E-state index in [9.17, 15) is 4.79 Å². The molecule has 0 spiro atoms. The molecule has 1 heterocycles. The normalized spacial score (nSPS) is 11.0. The molecule has 3 rings (SSSR count). The lowest BCUT2D eigenvalue weighted by Gasteiger charge is -2.04. The Morgan fingerprint density at radius 3 is 2.78 bits per heavy atom. The van der Waals surface area contributed by atoms with Crippen molar-refractivity contribution in [2.45, 2.75) is 6.54 Å². The van der Waals surface area contributed by atoms with Gasteiger partial charge in [-0.2, -0.15) is 0 Å². The van der Waals surface area contributed by atoms with E-state index in [1.54, 1.807) is 13.2 Å². The second-order valence-electron chi connectivity index (χ2n) is 5.22. The Morgan fingerprint density at radius 2 is 2.00 bits per heavy atom. The zero-order chi connectivity index (χ0) is 16.1. The summed E-state index contributed by atoms with van der Waals surface area (Å²) in [6.45, 7) is 0.490. The summed E-state index contributed by atoms with van der Waals surface area (Å²) in [5.74, 6) is 0.690. The van der Waals surface area contributed by atoms with Gasteiger partial charge in [0.25, 0.3) is 0 Å². The summed E-state index contributed by atoms with van der Waals surface area (Å²) in [7, 11) is 1.63. The Balaban J connectivity index is 1.57. The first-order valence-electron chi connectivity index (χ1n) is 7.40. The van der Waals surface area contributed by atoms with Gasteiger partial charge in [-0.1, -0.05) is 18.2 Å². The van der Waals surface area contributed by atoms with E-state index in [0.29, 0.717) is 6.54 Å². The van der Waals surface area contributed by atoms with Crippen molar-refractivity contribution in [3.8, 4) is 5.75 Å². The minimum atomic E-state index is -0.116. The van der Waals surface area contributed by atoms with Crippen molar-refractivity contribution in [2.75, 3.05) is 7.11 Å². The molecule has 0 aliphatic rings. The van der Waals surface area contributed by atoms with Crippen LogP contribution in [0.25, 0.3) is 17.0 Å². The summed E-state index contributed by atoms with van der Waals surface area (Å²) in [4.78, 5) is 15.0. The van der Waals surface area contributed by atoms with Gasteiger partial charge < -0.3 is 15.0 Å². The minimum Gasteiger partial charge on any atom is -0.497 e. The van der Waals surface area contributed by atoms with Crippen molar-refractivity contribution in [2.24, 2.45) is 0 Å². The monoisotopic (exact) mass is 306 g/mol. The summed E-state index contributed by atoms with van der Waals surface area (Å²) in [5, 5.41) is 4.00. The highest BCUT2D eigenvalue weighted by atomic mass is 16.5. The van der Waals surface area contributed by atoms with Gasteiger partial charge >= 0.3 is 0 Å². The Kier molecular flexibility index (Phi) is 4.43. The van der Waals surface area contributed by atoms with Crippen LogP contribution in [-0.4, -0.2) is 18.0 Å². The number of benzene rings is 2. The molecule has 0 radical (unpaired) electrons. The number of H-pyrrole nitrogens is 1. The van der Waals surface area contributed by atoms with Crippen LogP contribution in [0.1, 0.15) is 11.1 Å². The van der Waals surface area contributed by atoms with Gasteiger partial charge in [0.15, 0.2) is 0 Å². The Bertz CT molecular complexity index is 832. The Labute approximate surface area is 134 Å². The van der Waals surface area contributed by atoms with Crippen LogP contribution in [0, 0.1) is 0 Å². The van der Waals surface area contributed by atoms with Crippen LogP contribution in [0.2, 0.25) is 0 Å². The van der Waals surface area contributed by atoms with Crippen LogP contribution in [0.4, 0.5) is 0 Å². The quantitative estimate of drug-likeness (QED) is 0.709. The van der Waals surface area contributed by atoms with E-state index in [1.165, 1.54) is 0 Å². The van der Waals surface area contributed by atoms with E-state index < -0.39 is 0 Å². The van der Waals surface area contributed by atoms with E-state index in [-0.39, 0.29) is 5.91 Å². The molecule has 1 amide bonds. The largest absolute Gasteiger partial charge is 0.497 e. The Hall–Kier alpha value is -3.01. The number of hydrogen-bond donors (Lipinski definition) is 2. The number of ether oxygens (including phenoxy) is 1. The van der Waals surface area contributed by atoms with Crippen LogP contribution in [0.3, 0.4) is 0 Å². The molecule has 4 heteroatoms. The second kappa shape index (κ2) is 6.83. The number of rotatable bonds is 5. The van der Waals surface area contributed by atoms with Crippen molar-refractivity contribution in [1.29, 1.82) is 0 Å². The van der Waals surface area contributed by atoms with E-state index in [4.69, 9.17) is 4.74 Å². The first-order valence-corrected chi connectivity index (χ1v) is 7.40. The van der Waals surface area contributed by atoms with Gasteiger partial charge in [-0.3, -0.25) is 4.79 Å². The van der Waals surface area contributed by atoms with Crippen molar-refractivity contribution >= 4 is 22.9 Å². The molecular formula is C19H18N2O2. The van der Waals surface area contributed by atoms with Gasteiger partial charge in [-0.05, 0) is 52.9 Å². The third-order valence-electron chi connectivity index (χ3n) is 3.63. The fraction of sp³-hybridized carbons (Fsp3) is 0.105. The highest BCUT2D eigenvalue weighted by molar-refractivity contribution is 5.92. The highest BCUT2D eigenvalue weighted by Crippen LogP contribution is 2.15. The van der Waals surface area contributed by atoms with Crippen LogP contribution in [0.5, 0.6) is 5.75 Å². The molecule has 3 aromatic rings. The maximum Gasteiger partial charge on any atom is 0.244 e. The maximum absolute atomic E-state index is 11.9. The second-order valence-corrected chi connectivity index (χ2v) is 5.22. The number of amides is 1. The zero-order valence-electron chi connectivity index (χ0n) is 12.9. The lowest BCUT2D eigenvalue weighted by Crippen LogP contribution is -2.20. The number of aromatic nitrogens is 1.